The summed E-state index contributed by atoms with van der Waals surface area (Å²) in [5, 5.41) is 12.5. The molecule has 25 heavy (non-hydrogen) atoms. The molecule has 3 aromatic rings. The highest BCUT2D eigenvalue weighted by atomic mass is 16.5. The topological polar surface area (TPSA) is 79.0 Å². The van der Waals surface area contributed by atoms with Gasteiger partial charge in [-0.2, -0.15) is 4.73 Å². The van der Waals surface area contributed by atoms with E-state index in [-0.39, 0.29) is 0 Å². The highest BCUT2D eigenvalue weighted by Gasteiger charge is 2.05. The lowest BCUT2D eigenvalue weighted by Gasteiger charge is -2.04. The van der Waals surface area contributed by atoms with E-state index in [4.69, 9.17) is 11.5 Å². The van der Waals surface area contributed by atoms with Gasteiger partial charge in [0.15, 0.2) is 0 Å². The Bertz CT molecular complexity index is 837. The number of hydrogen-bond acceptors (Lipinski definition) is 3. The van der Waals surface area contributed by atoms with Crippen LogP contribution >= 0.6 is 0 Å². The molecule has 0 aliphatic carbocycles. The van der Waals surface area contributed by atoms with Crippen LogP contribution in [-0.4, -0.2) is 0 Å². The molecule has 3 rings (SSSR count). The van der Waals surface area contributed by atoms with Crippen molar-refractivity contribution in [1.29, 1.82) is 0 Å². The fourth-order valence-corrected chi connectivity index (χ4v) is 2.35. The maximum atomic E-state index is 12.5. The SMILES string of the molecule is Nc1ccc(/C=C/c2cccc(/C=C/c3ccc(N)cc3)[n+]2[O-])cc1. The van der Waals surface area contributed by atoms with Crippen LogP contribution in [0.5, 0.6) is 0 Å². The number of aromatic nitrogens is 1. The molecule has 0 spiro atoms. The van der Waals surface area contributed by atoms with Crippen LogP contribution < -0.4 is 16.2 Å². The Morgan fingerprint density at radius 1 is 0.600 bits per heavy atom. The summed E-state index contributed by atoms with van der Waals surface area (Å²) in [6.07, 6.45) is 7.35. The van der Waals surface area contributed by atoms with Gasteiger partial charge in [0.05, 0.1) is 0 Å². The number of anilines is 2. The number of rotatable bonds is 4. The Morgan fingerprint density at radius 2 is 1.00 bits per heavy atom. The van der Waals surface area contributed by atoms with E-state index in [1.54, 1.807) is 24.3 Å². The van der Waals surface area contributed by atoms with E-state index in [0.29, 0.717) is 22.8 Å². The maximum absolute atomic E-state index is 12.5. The molecule has 0 amide bonds. The number of pyridine rings is 1. The third-order valence-electron chi connectivity index (χ3n) is 3.77. The molecule has 2 aromatic carbocycles. The van der Waals surface area contributed by atoms with Gasteiger partial charge in [-0.15, -0.1) is 0 Å². The first-order valence-corrected chi connectivity index (χ1v) is 7.92. The predicted octanol–water partition coefficient (Wildman–Crippen LogP) is 3.83. The van der Waals surface area contributed by atoms with Crippen LogP contribution in [0.25, 0.3) is 24.3 Å². The lowest BCUT2D eigenvalue weighted by molar-refractivity contribution is -0.609. The summed E-state index contributed by atoms with van der Waals surface area (Å²) in [6, 6.07) is 20.4. The Balaban J connectivity index is 1.82. The normalized spacial score (nSPS) is 11.4. The zero-order valence-corrected chi connectivity index (χ0v) is 13.7. The van der Waals surface area contributed by atoms with Crippen LogP contribution in [0, 0.1) is 5.21 Å². The minimum Gasteiger partial charge on any atom is -0.618 e. The van der Waals surface area contributed by atoms with Crippen molar-refractivity contribution in [3.05, 3.63) is 94.5 Å². The Hall–Kier alpha value is -3.53. The van der Waals surface area contributed by atoms with Crippen molar-refractivity contribution < 1.29 is 4.73 Å². The Morgan fingerprint density at radius 3 is 1.40 bits per heavy atom. The van der Waals surface area contributed by atoms with Crippen molar-refractivity contribution in [2.75, 3.05) is 11.5 Å². The number of nitrogens with zero attached hydrogens (tertiary/aromatic N) is 1. The first-order chi connectivity index (χ1) is 12.1. The van der Waals surface area contributed by atoms with Gasteiger partial charge >= 0.3 is 0 Å². The van der Waals surface area contributed by atoms with Crippen molar-refractivity contribution in [2.45, 2.75) is 0 Å². The first kappa shape index (κ1) is 16.3. The molecule has 0 fully saturated rings. The largest absolute Gasteiger partial charge is 0.618 e. The zero-order chi connectivity index (χ0) is 17.6. The van der Waals surface area contributed by atoms with E-state index in [0.717, 1.165) is 15.9 Å². The fraction of sp³-hybridized carbons (Fsp3) is 0. The van der Waals surface area contributed by atoms with Gasteiger partial charge in [-0.05, 0) is 53.6 Å². The average Bonchev–Trinajstić information content (AvgIpc) is 2.62. The zero-order valence-electron chi connectivity index (χ0n) is 13.7. The smallest absolute Gasteiger partial charge is 0.217 e. The summed E-state index contributed by atoms with van der Waals surface area (Å²) in [6.45, 7) is 0. The van der Waals surface area contributed by atoms with E-state index in [9.17, 15) is 5.21 Å². The van der Waals surface area contributed by atoms with Gasteiger partial charge in [0, 0.05) is 35.7 Å². The lowest BCUT2D eigenvalue weighted by Crippen LogP contribution is -2.33. The molecule has 0 radical (unpaired) electrons. The molecule has 0 bridgehead atoms. The molecule has 0 saturated carbocycles. The van der Waals surface area contributed by atoms with Crippen LogP contribution in [0.15, 0.2) is 66.7 Å². The van der Waals surface area contributed by atoms with Gasteiger partial charge in [-0.3, -0.25) is 0 Å². The molecule has 1 heterocycles. The predicted molar refractivity (Wildman–Crippen MR) is 105 cm³/mol. The Kier molecular flexibility index (Phi) is 4.81. The van der Waals surface area contributed by atoms with E-state index in [1.807, 2.05) is 66.7 Å². The summed E-state index contributed by atoms with van der Waals surface area (Å²) in [5.74, 6) is 0. The summed E-state index contributed by atoms with van der Waals surface area (Å²) in [7, 11) is 0. The minimum absolute atomic E-state index is 0.566. The van der Waals surface area contributed by atoms with Crippen LogP contribution in [0.4, 0.5) is 11.4 Å². The highest BCUT2D eigenvalue weighted by Crippen LogP contribution is 2.11. The minimum atomic E-state index is 0.566. The van der Waals surface area contributed by atoms with Crippen molar-refractivity contribution in [2.24, 2.45) is 0 Å². The second kappa shape index (κ2) is 7.36. The second-order valence-corrected chi connectivity index (χ2v) is 5.67. The standard InChI is InChI=1S/C21H19N3O/c22-18-10-4-16(5-11-18)8-14-20-2-1-3-21(24(20)25)15-9-17-6-12-19(23)13-7-17/h1-15H,22-23H2/b14-8+,15-9+. The fourth-order valence-electron chi connectivity index (χ4n) is 2.35. The third kappa shape index (κ3) is 4.26. The van der Waals surface area contributed by atoms with Crippen molar-refractivity contribution in [3.8, 4) is 0 Å². The van der Waals surface area contributed by atoms with Gasteiger partial charge in [0.25, 0.3) is 0 Å². The maximum Gasteiger partial charge on any atom is 0.217 e. The van der Waals surface area contributed by atoms with E-state index < -0.39 is 0 Å². The lowest BCUT2D eigenvalue weighted by atomic mass is 10.1. The second-order valence-electron chi connectivity index (χ2n) is 5.67. The molecule has 4 N–H and O–H groups in total. The molecule has 4 heteroatoms. The van der Waals surface area contributed by atoms with Crippen molar-refractivity contribution >= 4 is 35.7 Å². The van der Waals surface area contributed by atoms with Gasteiger partial charge in [-0.25, -0.2) is 0 Å². The summed E-state index contributed by atoms with van der Waals surface area (Å²) >= 11 is 0. The van der Waals surface area contributed by atoms with E-state index >= 15 is 0 Å². The number of hydrogen-bond donors (Lipinski definition) is 2. The number of nitrogens with two attached hydrogens (primary N) is 2. The molecular formula is C21H19N3O. The number of benzene rings is 2. The van der Waals surface area contributed by atoms with Gasteiger partial charge in [-0.1, -0.05) is 24.3 Å². The number of nitrogen functional groups attached to an aromatic ring is 2. The van der Waals surface area contributed by atoms with Gasteiger partial charge < -0.3 is 16.7 Å². The molecule has 124 valence electrons. The van der Waals surface area contributed by atoms with E-state index in [1.165, 1.54) is 0 Å². The van der Waals surface area contributed by atoms with Crippen molar-refractivity contribution in [1.82, 2.24) is 0 Å². The molecule has 0 aliphatic rings. The summed E-state index contributed by atoms with van der Waals surface area (Å²) in [5.41, 5.74) is 15.9. The van der Waals surface area contributed by atoms with E-state index in [2.05, 4.69) is 0 Å². The molecule has 0 unspecified atom stereocenters. The average molecular weight is 329 g/mol. The molecule has 4 nitrogen and oxygen atoms in total. The highest BCUT2D eigenvalue weighted by molar-refractivity contribution is 5.70. The molecular weight excluding hydrogens is 310 g/mol. The van der Waals surface area contributed by atoms with Crippen LogP contribution in [-0.2, 0) is 0 Å². The third-order valence-corrected chi connectivity index (χ3v) is 3.77. The molecule has 0 aliphatic heterocycles. The van der Waals surface area contributed by atoms with Gasteiger partial charge in [0.1, 0.15) is 0 Å². The summed E-state index contributed by atoms with van der Waals surface area (Å²) in [4.78, 5) is 0. The monoisotopic (exact) mass is 329 g/mol. The van der Waals surface area contributed by atoms with Crippen molar-refractivity contribution in [3.63, 3.8) is 0 Å². The summed E-state index contributed by atoms with van der Waals surface area (Å²) < 4.78 is 0.904. The van der Waals surface area contributed by atoms with Crippen LogP contribution in [0.2, 0.25) is 0 Å². The Labute approximate surface area is 146 Å². The molecule has 1 aromatic heterocycles. The first-order valence-electron chi connectivity index (χ1n) is 7.92. The van der Waals surface area contributed by atoms with Crippen LogP contribution in [0.1, 0.15) is 22.5 Å². The van der Waals surface area contributed by atoms with Gasteiger partial charge in [0.2, 0.25) is 11.4 Å². The molecule has 0 saturated heterocycles. The quantitative estimate of drug-likeness (QED) is 0.434. The molecule has 0 atom stereocenters. The van der Waals surface area contributed by atoms with Crippen LogP contribution in [0.3, 0.4) is 0 Å².